The predicted octanol–water partition coefficient (Wildman–Crippen LogP) is 1.46. The molecule has 6 heteroatoms. The average Bonchev–Trinajstić information content (AvgIpc) is 2.98. The van der Waals surface area contributed by atoms with E-state index in [4.69, 9.17) is 0 Å². The van der Waals surface area contributed by atoms with E-state index in [9.17, 15) is 14.4 Å². The zero-order valence-corrected chi connectivity index (χ0v) is 13.6. The van der Waals surface area contributed by atoms with E-state index < -0.39 is 6.04 Å². The highest BCUT2D eigenvalue weighted by Crippen LogP contribution is 2.22. The fourth-order valence-electron chi connectivity index (χ4n) is 2.48. The van der Waals surface area contributed by atoms with Gasteiger partial charge in [0.05, 0.1) is 0 Å². The molecule has 1 aliphatic rings. The molecular formula is C17H23N3O3. The van der Waals surface area contributed by atoms with Crippen LogP contribution in [0, 0.1) is 0 Å². The molecule has 0 saturated carbocycles. The van der Waals surface area contributed by atoms with Crippen molar-refractivity contribution in [1.82, 2.24) is 10.6 Å². The number of hydrogen-bond donors (Lipinski definition) is 2. The molecule has 0 aromatic heterocycles. The Bertz CT molecular complexity index is 601. The van der Waals surface area contributed by atoms with Gasteiger partial charge in [-0.25, -0.2) is 0 Å². The lowest BCUT2D eigenvalue weighted by atomic mass is 10.1. The minimum atomic E-state index is -0.605. The van der Waals surface area contributed by atoms with Gasteiger partial charge in [0.25, 0.3) is 5.91 Å². The second-order valence-electron chi connectivity index (χ2n) is 5.69. The van der Waals surface area contributed by atoms with Gasteiger partial charge in [-0.2, -0.15) is 0 Å². The molecule has 2 rings (SSSR count). The first-order valence-electron chi connectivity index (χ1n) is 8.02. The minimum Gasteiger partial charge on any atom is -0.354 e. The quantitative estimate of drug-likeness (QED) is 0.834. The second kappa shape index (κ2) is 7.76. The Morgan fingerprint density at radius 3 is 2.78 bits per heavy atom. The molecule has 1 fully saturated rings. The van der Waals surface area contributed by atoms with Crippen molar-refractivity contribution in [3.63, 3.8) is 0 Å². The monoisotopic (exact) mass is 317 g/mol. The van der Waals surface area contributed by atoms with Crippen LogP contribution in [0.25, 0.3) is 0 Å². The lowest BCUT2D eigenvalue weighted by Crippen LogP contribution is -2.45. The molecular weight excluding hydrogens is 294 g/mol. The molecule has 1 atom stereocenters. The Balaban J connectivity index is 2.02. The molecule has 1 saturated heterocycles. The van der Waals surface area contributed by atoms with E-state index in [1.165, 1.54) is 0 Å². The first-order chi connectivity index (χ1) is 11.0. The van der Waals surface area contributed by atoms with Gasteiger partial charge in [0.1, 0.15) is 6.04 Å². The van der Waals surface area contributed by atoms with Crippen molar-refractivity contribution < 1.29 is 14.4 Å². The highest BCUT2D eigenvalue weighted by molar-refractivity contribution is 6.00. The van der Waals surface area contributed by atoms with Gasteiger partial charge in [0.2, 0.25) is 11.8 Å². The van der Waals surface area contributed by atoms with E-state index in [0.29, 0.717) is 25.1 Å². The Morgan fingerprint density at radius 1 is 1.35 bits per heavy atom. The normalized spacial score (nSPS) is 15.4. The van der Waals surface area contributed by atoms with E-state index in [0.717, 1.165) is 18.5 Å². The summed E-state index contributed by atoms with van der Waals surface area (Å²) in [5, 5.41) is 5.42. The van der Waals surface area contributed by atoms with Gasteiger partial charge in [-0.05, 0) is 38.0 Å². The fraction of sp³-hybridized carbons (Fsp3) is 0.471. The average molecular weight is 317 g/mol. The molecule has 0 bridgehead atoms. The van der Waals surface area contributed by atoms with Gasteiger partial charge >= 0.3 is 0 Å². The molecule has 0 aliphatic carbocycles. The first kappa shape index (κ1) is 17.0. The van der Waals surface area contributed by atoms with Gasteiger partial charge in [-0.1, -0.05) is 13.0 Å². The summed E-state index contributed by atoms with van der Waals surface area (Å²) >= 11 is 0. The van der Waals surface area contributed by atoms with Crippen molar-refractivity contribution in [2.75, 3.05) is 18.0 Å². The van der Waals surface area contributed by atoms with E-state index in [-0.39, 0.29) is 17.7 Å². The molecule has 0 radical (unpaired) electrons. The molecule has 124 valence electrons. The number of carbonyl (C=O) groups excluding carboxylic acids is 3. The van der Waals surface area contributed by atoms with E-state index >= 15 is 0 Å². The maximum absolute atomic E-state index is 12.3. The molecule has 0 spiro atoms. The van der Waals surface area contributed by atoms with Crippen molar-refractivity contribution in [3.8, 4) is 0 Å². The van der Waals surface area contributed by atoms with Gasteiger partial charge in [0.15, 0.2) is 0 Å². The lowest BCUT2D eigenvalue weighted by Gasteiger charge is -2.17. The van der Waals surface area contributed by atoms with E-state index in [1.54, 1.807) is 30.0 Å². The highest BCUT2D eigenvalue weighted by Gasteiger charge is 2.23. The molecule has 2 N–H and O–H groups in total. The van der Waals surface area contributed by atoms with Gasteiger partial charge < -0.3 is 15.5 Å². The fourth-order valence-corrected chi connectivity index (χ4v) is 2.48. The summed E-state index contributed by atoms with van der Waals surface area (Å²) in [4.78, 5) is 37.6. The number of nitrogens with one attached hydrogen (secondary N) is 2. The number of nitrogens with zero attached hydrogens (tertiary/aromatic N) is 1. The van der Waals surface area contributed by atoms with E-state index in [2.05, 4.69) is 10.6 Å². The largest absolute Gasteiger partial charge is 0.354 e. The van der Waals surface area contributed by atoms with Crippen molar-refractivity contribution in [2.24, 2.45) is 0 Å². The SMILES string of the molecule is CCCNC(=O)C(C)NC(=O)c1cccc(N2CCCC2=O)c1. The summed E-state index contributed by atoms with van der Waals surface area (Å²) in [6, 6.07) is 6.33. The van der Waals surface area contributed by atoms with Crippen LogP contribution >= 0.6 is 0 Å². The third-order valence-electron chi connectivity index (χ3n) is 3.78. The summed E-state index contributed by atoms with van der Waals surface area (Å²) < 4.78 is 0. The van der Waals surface area contributed by atoms with Gasteiger partial charge in [-0.15, -0.1) is 0 Å². The molecule has 1 aromatic rings. The number of rotatable bonds is 6. The highest BCUT2D eigenvalue weighted by atomic mass is 16.2. The molecule has 1 heterocycles. The topological polar surface area (TPSA) is 78.5 Å². The van der Waals surface area contributed by atoms with Crippen LogP contribution in [0.2, 0.25) is 0 Å². The third kappa shape index (κ3) is 4.31. The molecule has 1 unspecified atom stereocenters. The Hall–Kier alpha value is -2.37. The number of hydrogen-bond acceptors (Lipinski definition) is 3. The van der Waals surface area contributed by atoms with Crippen LogP contribution in [0.5, 0.6) is 0 Å². The van der Waals surface area contributed by atoms with Crippen LogP contribution in [0.4, 0.5) is 5.69 Å². The number of benzene rings is 1. The zero-order chi connectivity index (χ0) is 16.8. The first-order valence-corrected chi connectivity index (χ1v) is 8.02. The van der Waals surface area contributed by atoms with Gasteiger partial charge in [-0.3, -0.25) is 14.4 Å². The number of anilines is 1. The van der Waals surface area contributed by atoms with Crippen LogP contribution in [-0.2, 0) is 9.59 Å². The van der Waals surface area contributed by atoms with Crippen LogP contribution in [-0.4, -0.2) is 36.9 Å². The smallest absolute Gasteiger partial charge is 0.251 e. The number of amides is 3. The summed E-state index contributed by atoms with van der Waals surface area (Å²) in [5.74, 6) is -0.446. The van der Waals surface area contributed by atoms with Gasteiger partial charge in [0, 0.05) is 30.8 Å². The van der Waals surface area contributed by atoms with E-state index in [1.807, 2.05) is 13.0 Å². The Labute approximate surface area is 136 Å². The predicted molar refractivity (Wildman–Crippen MR) is 88.3 cm³/mol. The molecule has 1 aromatic carbocycles. The molecule has 23 heavy (non-hydrogen) atoms. The summed E-state index contributed by atoms with van der Waals surface area (Å²) in [7, 11) is 0. The molecule has 6 nitrogen and oxygen atoms in total. The van der Waals surface area contributed by atoms with Crippen molar-refractivity contribution in [2.45, 2.75) is 39.2 Å². The van der Waals surface area contributed by atoms with Crippen molar-refractivity contribution in [1.29, 1.82) is 0 Å². The standard InChI is InChI=1S/C17H23N3O3/c1-3-9-18-16(22)12(2)19-17(23)13-6-4-7-14(11-13)20-10-5-8-15(20)21/h4,6-7,11-12H,3,5,8-10H2,1-2H3,(H,18,22)(H,19,23). The van der Waals surface area contributed by atoms with Crippen LogP contribution in [0.15, 0.2) is 24.3 Å². The Kier molecular flexibility index (Phi) is 5.73. The number of carbonyl (C=O) groups is 3. The maximum Gasteiger partial charge on any atom is 0.251 e. The second-order valence-corrected chi connectivity index (χ2v) is 5.69. The van der Waals surface area contributed by atoms with Crippen molar-refractivity contribution in [3.05, 3.63) is 29.8 Å². The maximum atomic E-state index is 12.3. The minimum absolute atomic E-state index is 0.0786. The van der Waals surface area contributed by atoms with Crippen LogP contribution in [0.3, 0.4) is 0 Å². The lowest BCUT2D eigenvalue weighted by molar-refractivity contribution is -0.122. The summed E-state index contributed by atoms with van der Waals surface area (Å²) in [6.07, 6.45) is 2.23. The summed E-state index contributed by atoms with van der Waals surface area (Å²) in [5.41, 5.74) is 1.17. The van der Waals surface area contributed by atoms with Crippen LogP contribution < -0.4 is 15.5 Å². The van der Waals surface area contributed by atoms with Crippen LogP contribution in [0.1, 0.15) is 43.5 Å². The summed E-state index contributed by atoms with van der Waals surface area (Å²) in [6.45, 7) is 4.89. The van der Waals surface area contributed by atoms with Crippen molar-refractivity contribution >= 4 is 23.4 Å². The molecule has 3 amide bonds. The molecule has 1 aliphatic heterocycles. The Morgan fingerprint density at radius 2 is 2.13 bits per heavy atom. The third-order valence-corrected chi connectivity index (χ3v) is 3.78. The zero-order valence-electron chi connectivity index (χ0n) is 13.6.